The zero-order valence-corrected chi connectivity index (χ0v) is 29.8. The number of rotatable bonds is 5. The van der Waals surface area contributed by atoms with E-state index in [0.717, 1.165) is 49.7 Å². The van der Waals surface area contributed by atoms with Gasteiger partial charge in [0.2, 0.25) is 0 Å². The van der Waals surface area contributed by atoms with Crippen molar-refractivity contribution >= 4 is 54.1 Å². The van der Waals surface area contributed by atoms with Crippen LogP contribution >= 0.6 is 0 Å². The fraction of sp³-hybridized carbons (Fsp3) is 0. The van der Waals surface area contributed by atoms with E-state index in [1.165, 1.54) is 37.9 Å². The molecule has 0 N–H and O–H groups in total. The van der Waals surface area contributed by atoms with Gasteiger partial charge in [0.15, 0.2) is 17.5 Å². The van der Waals surface area contributed by atoms with Crippen LogP contribution in [0, 0.1) is 0 Å². The Hall–Kier alpha value is -7.43. The van der Waals surface area contributed by atoms with E-state index in [0.29, 0.717) is 17.5 Å². The van der Waals surface area contributed by atoms with Crippen LogP contribution in [0.4, 0.5) is 0 Å². The largest absolute Gasteiger partial charge is 0.309 e. The number of fused-ring (bicyclic) bond motifs is 9. The number of hydrogen-bond acceptors (Lipinski definition) is 3. The zero-order valence-electron chi connectivity index (χ0n) is 29.8. The Morgan fingerprint density at radius 2 is 0.782 bits per heavy atom. The van der Waals surface area contributed by atoms with Gasteiger partial charge >= 0.3 is 0 Å². The Kier molecular flexibility index (Phi) is 7.14. The molecule has 55 heavy (non-hydrogen) atoms. The molecule has 0 radical (unpaired) electrons. The molecule has 2 aromatic heterocycles. The van der Waals surface area contributed by atoms with Crippen molar-refractivity contribution in [2.24, 2.45) is 0 Å². The molecular weight excluding hydrogens is 669 g/mol. The monoisotopic (exact) mass is 700 g/mol. The van der Waals surface area contributed by atoms with Crippen molar-refractivity contribution in [1.82, 2.24) is 19.5 Å². The van der Waals surface area contributed by atoms with Crippen LogP contribution in [0.5, 0.6) is 0 Å². The molecule has 0 bridgehead atoms. The van der Waals surface area contributed by atoms with Gasteiger partial charge in [-0.3, -0.25) is 0 Å². The van der Waals surface area contributed by atoms with Gasteiger partial charge in [-0.2, -0.15) is 0 Å². The molecular formula is C51H32N4. The Morgan fingerprint density at radius 3 is 1.42 bits per heavy atom. The average molecular weight is 701 g/mol. The van der Waals surface area contributed by atoms with Gasteiger partial charge in [-0.15, -0.1) is 0 Å². The van der Waals surface area contributed by atoms with E-state index in [2.05, 4.69) is 162 Å². The van der Waals surface area contributed by atoms with Gasteiger partial charge in [-0.25, -0.2) is 15.0 Å². The summed E-state index contributed by atoms with van der Waals surface area (Å²) in [6, 6.07) is 68.7. The van der Waals surface area contributed by atoms with Crippen molar-refractivity contribution in [1.29, 1.82) is 0 Å². The molecule has 0 saturated heterocycles. The Morgan fingerprint density at radius 1 is 0.291 bits per heavy atom. The van der Waals surface area contributed by atoms with E-state index in [4.69, 9.17) is 15.0 Å². The Labute approximate surface area is 317 Å². The molecule has 0 amide bonds. The van der Waals surface area contributed by atoms with Crippen molar-refractivity contribution in [3.8, 4) is 51.0 Å². The normalized spacial score (nSPS) is 11.6. The summed E-state index contributed by atoms with van der Waals surface area (Å²) in [5, 5.41) is 9.81. The van der Waals surface area contributed by atoms with Gasteiger partial charge in [0.1, 0.15) is 0 Å². The lowest BCUT2D eigenvalue weighted by molar-refractivity contribution is 1.08. The standard InChI is InChI=1S/C51H32N4/c1-4-16-33(17-5-1)49-52-50(34-18-6-2-7-19-34)54-51(53-49)43-28-15-29-46-48(43)44-32-35(30-31-45(44)55(46)36-20-8-3-9-21-36)37-26-14-27-42-40-23-11-10-22-38(40)39-24-12-13-25-41(39)47(37)42/h1-32H. The van der Waals surface area contributed by atoms with Crippen LogP contribution in [0.3, 0.4) is 0 Å². The predicted octanol–water partition coefficient (Wildman–Crippen LogP) is 13.1. The van der Waals surface area contributed by atoms with Gasteiger partial charge < -0.3 is 4.57 Å². The fourth-order valence-corrected chi connectivity index (χ4v) is 8.41. The number of hydrogen-bond donors (Lipinski definition) is 0. The lowest BCUT2D eigenvalue weighted by Gasteiger charge is -2.14. The third kappa shape index (κ3) is 5.03. The summed E-state index contributed by atoms with van der Waals surface area (Å²) in [7, 11) is 0. The molecule has 9 aromatic carbocycles. The smallest absolute Gasteiger partial charge is 0.164 e. The second-order valence-corrected chi connectivity index (χ2v) is 14.0. The lowest BCUT2D eigenvalue weighted by atomic mass is 9.89. The summed E-state index contributed by atoms with van der Waals surface area (Å²) < 4.78 is 2.36. The van der Waals surface area contributed by atoms with Crippen molar-refractivity contribution in [2.75, 3.05) is 0 Å². The first kappa shape index (κ1) is 31.1. The molecule has 0 unspecified atom stereocenters. The first-order chi connectivity index (χ1) is 27.3. The lowest BCUT2D eigenvalue weighted by Crippen LogP contribution is -2.00. The zero-order chi connectivity index (χ0) is 36.3. The van der Waals surface area contributed by atoms with Crippen LogP contribution in [0.15, 0.2) is 194 Å². The molecule has 0 fully saturated rings. The second kappa shape index (κ2) is 12.6. The van der Waals surface area contributed by atoms with E-state index in [9.17, 15) is 0 Å². The highest BCUT2D eigenvalue weighted by atomic mass is 15.0. The Bertz CT molecular complexity index is 3140. The van der Waals surface area contributed by atoms with Crippen LogP contribution in [-0.4, -0.2) is 19.5 Å². The maximum Gasteiger partial charge on any atom is 0.164 e. The SMILES string of the molecule is c1ccc(-c2nc(-c3ccccc3)nc(-c3cccc4c3c3cc(-c5cccc6c7ccccc7c7ccccc7c56)ccc3n4-c3ccccc3)n2)cc1. The third-order valence-electron chi connectivity index (χ3n) is 10.8. The van der Waals surface area contributed by atoms with Crippen molar-refractivity contribution in [3.63, 3.8) is 0 Å². The van der Waals surface area contributed by atoms with E-state index in [1.54, 1.807) is 0 Å². The number of benzene rings is 9. The van der Waals surface area contributed by atoms with E-state index >= 15 is 0 Å². The third-order valence-corrected chi connectivity index (χ3v) is 10.8. The maximum absolute atomic E-state index is 5.19. The average Bonchev–Trinajstić information content (AvgIpc) is 3.61. The highest BCUT2D eigenvalue weighted by Crippen LogP contribution is 2.43. The molecule has 256 valence electrons. The van der Waals surface area contributed by atoms with Crippen LogP contribution in [0.1, 0.15) is 0 Å². The fourth-order valence-electron chi connectivity index (χ4n) is 8.41. The minimum absolute atomic E-state index is 0.637. The predicted molar refractivity (Wildman–Crippen MR) is 228 cm³/mol. The summed E-state index contributed by atoms with van der Waals surface area (Å²) in [5.41, 5.74) is 8.52. The van der Waals surface area contributed by atoms with Gasteiger partial charge in [0.25, 0.3) is 0 Å². The quantitative estimate of drug-likeness (QED) is 0.168. The minimum Gasteiger partial charge on any atom is -0.309 e. The van der Waals surface area contributed by atoms with Crippen molar-refractivity contribution in [2.45, 2.75) is 0 Å². The van der Waals surface area contributed by atoms with Gasteiger partial charge in [-0.05, 0) is 73.8 Å². The molecule has 2 heterocycles. The molecule has 11 rings (SSSR count). The van der Waals surface area contributed by atoms with Crippen LogP contribution in [0.25, 0.3) is 105 Å². The minimum atomic E-state index is 0.637. The summed E-state index contributed by atoms with van der Waals surface area (Å²) in [6.45, 7) is 0. The van der Waals surface area contributed by atoms with Gasteiger partial charge in [0.05, 0.1) is 11.0 Å². The summed E-state index contributed by atoms with van der Waals surface area (Å²) in [4.78, 5) is 15.4. The molecule has 4 nitrogen and oxygen atoms in total. The van der Waals surface area contributed by atoms with Crippen LogP contribution in [0.2, 0.25) is 0 Å². The first-order valence-electron chi connectivity index (χ1n) is 18.6. The second-order valence-electron chi connectivity index (χ2n) is 14.0. The summed E-state index contributed by atoms with van der Waals surface area (Å²) in [6.07, 6.45) is 0. The number of nitrogens with zero attached hydrogens (tertiary/aromatic N) is 4. The molecule has 0 aliphatic rings. The van der Waals surface area contributed by atoms with E-state index < -0.39 is 0 Å². The highest BCUT2D eigenvalue weighted by Gasteiger charge is 2.21. The molecule has 0 aliphatic carbocycles. The van der Waals surface area contributed by atoms with Crippen LogP contribution in [-0.2, 0) is 0 Å². The molecule has 0 saturated carbocycles. The highest BCUT2D eigenvalue weighted by molar-refractivity contribution is 6.28. The number of aromatic nitrogens is 4. The maximum atomic E-state index is 5.19. The molecule has 0 atom stereocenters. The van der Waals surface area contributed by atoms with Gasteiger partial charge in [-0.1, -0.05) is 164 Å². The topological polar surface area (TPSA) is 43.6 Å². The van der Waals surface area contributed by atoms with E-state index in [-0.39, 0.29) is 0 Å². The van der Waals surface area contributed by atoms with Crippen LogP contribution < -0.4 is 0 Å². The molecule has 0 spiro atoms. The summed E-state index contributed by atoms with van der Waals surface area (Å²) >= 11 is 0. The van der Waals surface area contributed by atoms with Crippen molar-refractivity contribution in [3.05, 3.63) is 194 Å². The number of para-hydroxylation sites is 1. The molecule has 4 heteroatoms. The Balaban J connectivity index is 1.23. The first-order valence-corrected chi connectivity index (χ1v) is 18.6. The molecule has 0 aliphatic heterocycles. The molecule has 11 aromatic rings. The van der Waals surface area contributed by atoms with E-state index in [1.807, 2.05) is 36.4 Å². The van der Waals surface area contributed by atoms with Crippen molar-refractivity contribution < 1.29 is 0 Å². The summed E-state index contributed by atoms with van der Waals surface area (Å²) in [5.74, 6) is 1.92. The van der Waals surface area contributed by atoms with Gasteiger partial charge in [0, 0.05) is 33.2 Å².